The van der Waals surface area contributed by atoms with Crippen LogP contribution in [0.2, 0.25) is 0 Å². The van der Waals surface area contributed by atoms with Crippen molar-refractivity contribution < 1.29 is 9.32 Å². The molecule has 0 bridgehead atoms. The lowest BCUT2D eigenvalue weighted by Crippen LogP contribution is -2.26. The van der Waals surface area contributed by atoms with Crippen LogP contribution in [0.4, 0.5) is 0 Å². The first kappa shape index (κ1) is 15.2. The summed E-state index contributed by atoms with van der Waals surface area (Å²) in [5.74, 6) is 1.47. The number of hydrogen-bond donors (Lipinski definition) is 0. The van der Waals surface area contributed by atoms with Gasteiger partial charge < -0.3 is 9.42 Å². The second-order valence-corrected chi connectivity index (χ2v) is 5.31. The fraction of sp³-hybridized carbons (Fsp3) is 0.467. The van der Waals surface area contributed by atoms with Gasteiger partial charge in [-0.25, -0.2) is 0 Å². The summed E-state index contributed by atoms with van der Waals surface area (Å²) < 4.78 is 5.13. The highest BCUT2D eigenvalue weighted by molar-refractivity contribution is 5.76. The van der Waals surface area contributed by atoms with Crippen molar-refractivity contribution in [2.45, 2.75) is 39.2 Å². The molecule has 2 aromatic heterocycles. The minimum atomic E-state index is 0.0446. The van der Waals surface area contributed by atoms with Crippen molar-refractivity contribution in [2.75, 3.05) is 7.05 Å². The molecule has 0 unspecified atom stereocenters. The lowest BCUT2D eigenvalue weighted by atomic mass is 10.2. The Morgan fingerprint density at radius 2 is 2.24 bits per heavy atom. The molecular formula is C15H20N4O2. The monoisotopic (exact) mass is 288 g/mol. The highest BCUT2D eigenvalue weighted by Crippen LogP contribution is 2.11. The Morgan fingerprint density at radius 1 is 1.43 bits per heavy atom. The van der Waals surface area contributed by atoms with Crippen molar-refractivity contribution in [1.29, 1.82) is 0 Å². The minimum absolute atomic E-state index is 0.0446. The molecule has 112 valence electrons. The quantitative estimate of drug-likeness (QED) is 0.814. The van der Waals surface area contributed by atoms with E-state index in [0.717, 1.165) is 5.56 Å². The van der Waals surface area contributed by atoms with Gasteiger partial charge in [-0.05, 0) is 11.6 Å². The molecule has 0 aromatic carbocycles. The average molecular weight is 288 g/mol. The second kappa shape index (κ2) is 6.97. The summed E-state index contributed by atoms with van der Waals surface area (Å²) >= 11 is 0. The van der Waals surface area contributed by atoms with Gasteiger partial charge in [-0.1, -0.05) is 25.1 Å². The van der Waals surface area contributed by atoms with Gasteiger partial charge in [-0.15, -0.1) is 0 Å². The fourth-order valence-corrected chi connectivity index (χ4v) is 1.86. The molecule has 0 saturated carbocycles. The number of aryl methyl sites for hydroxylation is 1. The maximum atomic E-state index is 12.1. The van der Waals surface area contributed by atoms with Crippen LogP contribution < -0.4 is 0 Å². The van der Waals surface area contributed by atoms with E-state index in [-0.39, 0.29) is 11.8 Å². The molecule has 0 fully saturated rings. The van der Waals surface area contributed by atoms with Gasteiger partial charge in [0, 0.05) is 44.7 Å². The van der Waals surface area contributed by atoms with Crippen molar-refractivity contribution in [3.05, 3.63) is 41.8 Å². The molecule has 0 spiro atoms. The van der Waals surface area contributed by atoms with Gasteiger partial charge in [-0.3, -0.25) is 9.78 Å². The molecule has 0 aliphatic carbocycles. The van der Waals surface area contributed by atoms with E-state index in [2.05, 4.69) is 15.1 Å². The SMILES string of the molecule is CC(C)c1noc(CCC(=O)N(C)Cc2cccnc2)n1. The van der Waals surface area contributed by atoms with Gasteiger partial charge >= 0.3 is 0 Å². The number of nitrogens with zero attached hydrogens (tertiary/aromatic N) is 4. The highest BCUT2D eigenvalue weighted by atomic mass is 16.5. The summed E-state index contributed by atoms with van der Waals surface area (Å²) in [7, 11) is 1.78. The van der Waals surface area contributed by atoms with Crippen LogP contribution in [-0.2, 0) is 17.8 Å². The zero-order chi connectivity index (χ0) is 15.2. The number of pyridine rings is 1. The molecule has 2 rings (SSSR count). The molecular weight excluding hydrogens is 268 g/mol. The summed E-state index contributed by atoms with van der Waals surface area (Å²) in [4.78, 5) is 22.1. The third-order valence-corrected chi connectivity index (χ3v) is 3.12. The molecule has 0 atom stereocenters. The van der Waals surface area contributed by atoms with Crippen molar-refractivity contribution in [3.8, 4) is 0 Å². The first-order valence-corrected chi connectivity index (χ1v) is 7.01. The van der Waals surface area contributed by atoms with Crippen LogP contribution in [0.15, 0.2) is 29.0 Å². The Morgan fingerprint density at radius 3 is 2.86 bits per heavy atom. The van der Waals surface area contributed by atoms with Crippen LogP contribution in [-0.4, -0.2) is 33.0 Å². The third kappa shape index (κ3) is 4.37. The Kier molecular flexibility index (Phi) is 5.03. The summed E-state index contributed by atoms with van der Waals surface area (Å²) in [6.45, 7) is 4.55. The van der Waals surface area contributed by atoms with Crippen LogP contribution >= 0.6 is 0 Å². The fourth-order valence-electron chi connectivity index (χ4n) is 1.86. The Hall–Kier alpha value is -2.24. The second-order valence-electron chi connectivity index (χ2n) is 5.31. The van der Waals surface area contributed by atoms with Crippen LogP contribution in [0.1, 0.15) is 43.5 Å². The van der Waals surface area contributed by atoms with E-state index in [1.165, 1.54) is 0 Å². The number of rotatable bonds is 6. The zero-order valence-electron chi connectivity index (χ0n) is 12.6. The van der Waals surface area contributed by atoms with Crippen LogP contribution in [0.5, 0.6) is 0 Å². The molecule has 0 N–H and O–H groups in total. The number of carbonyl (C=O) groups is 1. The molecule has 2 heterocycles. The van der Waals surface area contributed by atoms with Gasteiger partial charge in [0.1, 0.15) is 0 Å². The van der Waals surface area contributed by atoms with Gasteiger partial charge in [-0.2, -0.15) is 4.98 Å². The molecule has 0 aliphatic heterocycles. The van der Waals surface area contributed by atoms with Gasteiger partial charge in [0.2, 0.25) is 11.8 Å². The summed E-state index contributed by atoms with van der Waals surface area (Å²) in [5, 5.41) is 3.89. The molecule has 21 heavy (non-hydrogen) atoms. The highest BCUT2D eigenvalue weighted by Gasteiger charge is 2.14. The van der Waals surface area contributed by atoms with Crippen LogP contribution in [0.25, 0.3) is 0 Å². The van der Waals surface area contributed by atoms with Crippen molar-refractivity contribution >= 4 is 5.91 Å². The normalized spacial score (nSPS) is 10.9. The van der Waals surface area contributed by atoms with Gasteiger partial charge in [0.15, 0.2) is 5.82 Å². The Bertz CT molecular complexity index is 580. The lowest BCUT2D eigenvalue weighted by Gasteiger charge is -2.16. The van der Waals surface area contributed by atoms with E-state index >= 15 is 0 Å². The average Bonchev–Trinajstić information content (AvgIpc) is 2.95. The standard InChI is InChI=1S/C15H20N4O2/c1-11(2)15-17-13(21-18-15)6-7-14(20)19(3)10-12-5-4-8-16-9-12/h4-5,8-9,11H,6-7,10H2,1-3H3. The van der Waals surface area contributed by atoms with E-state index in [1.807, 2.05) is 26.0 Å². The number of carbonyl (C=O) groups excluding carboxylic acids is 1. The van der Waals surface area contributed by atoms with Crippen LogP contribution in [0.3, 0.4) is 0 Å². The topological polar surface area (TPSA) is 72.1 Å². The largest absolute Gasteiger partial charge is 0.341 e. The first-order valence-electron chi connectivity index (χ1n) is 7.01. The molecule has 6 heteroatoms. The third-order valence-electron chi connectivity index (χ3n) is 3.12. The molecule has 6 nitrogen and oxygen atoms in total. The Balaban J connectivity index is 1.83. The van der Waals surface area contributed by atoms with E-state index in [1.54, 1.807) is 24.3 Å². The molecule has 0 radical (unpaired) electrons. The van der Waals surface area contributed by atoms with E-state index in [0.29, 0.717) is 31.1 Å². The minimum Gasteiger partial charge on any atom is -0.341 e. The van der Waals surface area contributed by atoms with Crippen LogP contribution in [0, 0.1) is 0 Å². The Labute approximate surface area is 124 Å². The van der Waals surface area contributed by atoms with Gasteiger partial charge in [0.25, 0.3) is 0 Å². The predicted octanol–water partition coefficient (Wildman–Crippen LogP) is 2.18. The number of aromatic nitrogens is 3. The predicted molar refractivity (Wildman–Crippen MR) is 77.4 cm³/mol. The summed E-state index contributed by atoms with van der Waals surface area (Å²) in [6, 6.07) is 3.81. The van der Waals surface area contributed by atoms with Crippen molar-refractivity contribution in [1.82, 2.24) is 20.0 Å². The maximum Gasteiger partial charge on any atom is 0.227 e. The molecule has 0 saturated heterocycles. The van der Waals surface area contributed by atoms with E-state index in [4.69, 9.17) is 4.52 Å². The molecule has 2 aromatic rings. The van der Waals surface area contributed by atoms with E-state index < -0.39 is 0 Å². The lowest BCUT2D eigenvalue weighted by molar-refractivity contribution is -0.130. The zero-order valence-corrected chi connectivity index (χ0v) is 12.6. The van der Waals surface area contributed by atoms with E-state index in [9.17, 15) is 4.79 Å². The molecule has 0 aliphatic rings. The summed E-state index contributed by atoms with van der Waals surface area (Å²) in [6.07, 6.45) is 4.30. The smallest absolute Gasteiger partial charge is 0.227 e. The van der Waals surface area contributed by atoms with Gasteiger partial charge in [0.05, 0.1) is 0 Å². The van der Waals surface area contributed by atoms with Crippen molar-refractivity contribution in [2.24, 2.45) is 0 Å². The first-order chi connectivity index (χ1) is 10.1. The number of amides is 1. The molecule has 1 amide bonds. The summed E-state index contributed by atoms with van der Waals surface area (Å²) in [5.41, 5.74) is 1.01. The number of hydrogen-bond acceptors (Lipinski definition) is 5. The van der Waals surface area contributed by atoms with Crippen molar-refractivity contribution in [3.63, 3.8) is 0 Å². The maximum absolute atomic E-state index is 12.1.